The Morgan fingerprint density at radius 3 is 2.50 bits per heavy atom. The summed E-state index contributed by atoms with van der Waals surface area (Å²) < 4.78 is 0. The minimum atomic E-state index is -0.132. The van der Waals surface area contributed by atoms with Crippen molar-refractivity contribution in [3.63, 3.8) is 0 Å². The zero-order chi connectivity index (χ0) is 8.81. The lowest BCUT2D eigenvalue weighted by Gasteiger charge is -2.27. The molecule has 4 heteroatoms. The molecule has 1 fully saturated rings. The van der Waals surface area contributed by atoms with Gasteiger partial charge in [0.1, 0.15) is 0 Å². The lowest BCUT2D eigenvalue weighted by atomic mass is 10.2. The molecule has 0 aromatic rings. The van der Waals surface area contributed by atoms with E-state index in [0.29, 0.717) is 0 Å². The predicted molar refractivity (Wildman–Crippen MR) is 50.7 cm³/mol. The van der Waals surface area contributed by atoms with E-state index in [9.17, 15) is 0 Å². The molecule has 72 valence electrons. The molecule has 1 aliphatic rings. The summed E-state index contributed by atoms with van der Waals surface area (Å²) in [5, 5.41) is 3.32. The van der Waals surface area contributed by atoms with Gasteiger partial charge in [-0.15, -0.1) is 0 Å². The van der Waals surface area contributed by atoms with Crippen molar-refractivity contribution in [2.24, 2.45) is 11.5 Å². The van der Waals surface area contributed by atoms with E-state index in [2.05, 4.69) is 10.2 Å². The van der Waals surface area contributed by atoms with Gasteiger partial charge in [-0.05, 0) is 19.4 Å². The molecule has 0 aliphatic carbocycles. The lowest BCUT2D eigenvalue weighted by molar-refractivity contribution is 0.235. The highest BCUT2D eigenvalue weighted by Gasteiger charge is 2.08. The van der Waals surface area contributed by atoms with Crippen molar-refractivity contribution in [2.75, 3.05) is 32.7 Å². The zero-order valence-corrected chi connectivity index (χ0v) is 7.63. The Balaban J connectivity index is 1.98. The predicted octanol–water partition coefficient (Wildman–Crippen LogP) is -1.08. The smallest absolute Gasteiger partial charge is 0.0521 e. The molecule has 4 nitrogen and oxygen atoms in total. The van der Waals surface area contributed by atoms with Crippen LogP contribution in [-0.4, -0.2) is 43.8 Å². The molecular weight excluding hydrogens is 152 g/mol. The molecule has 1 heterocycles. The van der Waals surface area contributed by atoms with Crippen molar-refractivity contribution in [3.05, 3.63) is 0 Å². The number of hydrogen-bond acceptors (Lipinski definition) is 4. The topological polar surface area (TPSA) is 67.3 Å². The largest absolute Gasteiger partial charge is 0.316 e. The van der Waals surface area contributed by atoms with Crippen LogP contribution in [0.2, 0.25) is 0 Å². The molecule has 0 amide bonds. The summed E-state index contributed by atoms with van der Waals surface area (Å²) in [7, 11) is 0. The van der Waals surface area contributed by atoms with Crippen LogP contribution in [-0.2, 0) is 0 Å². The molecule has 0 spiro atoms. The quantitative estimate of drug-likeness (QED) is 0.472. The highest BCUT2D eigenvalue weighted by Crippen LogP contribution is 1.97. The van der Waals surface area contributed by atoms with E-state index in [4.69, 9.17) is 11.5 Å². The van der Waals surface area contributed by atoms with Crippen LogP contribution in [0.4, 0.5) is 0 Å². The molecule has 0 aromatic carbocycles. The zero-order valence-electron chi connectivity index (χ0n) is 7.63. The first-order chi connectivity index (χ1) is 5.79. The summed E-state index contributed by atoms with van der Waals surface area (Å²) in [6.45, 7) is 5.72. The van der Waals surface area contributed by atoms with Crippen molar-refractivity contribution >= 4 is 0 Å². The number of piperazine rings is 1. The first-order valence-corrected chi connectivity index (χ1v) is 4.73. The van der Waals surface area contributed by atoms with Crippen LogP contribution in [0.25, 0.3) is 0 Å². The van der Waals surface area contributed by atoms with E-state index in [0.717, 1.165) is 32.5 Å². The van der Waals surface area contributed by atoms with Gasteiger partial charge in [-0.1, -0.05) is 0 Å². The molecule has 0 bridgehead atoms. The van der Waals surface area contributed by atoms with Gasteiger partial charge in [-0.2, -0.15) is 0 Å². The fourth-order valence-corrected chi connectivity index (χ4v) is 1.49. The van der Waals surface area contributed by atoms with Gasteiger partial charge >= 0.3 is 0 Å². The van der Waals surface area contributed by atoms with Gasteiger partial charge in [0.25, 0.3) is 0 Å². The van der Waals surface area contributed by atoms with Crippen molar-refractivity contribution in [1.29, 1.82) is 0 Å². The van der Waals surface area contributed by atoms with Gasteiger partial charge in [-0.25, -0.2) is 0 Å². The number of nitrogens with one attached hydrogen (secondary N) is 1. The Morgan fingerprint density at radius 2 is 1.92 bits per heavy atom. The Labute approximate surface area is 74.3 Å². The van der Waals surface area contributed by atoms with Crippen LogP contribution in [0.15, 0.2) is 0 Å². The summed E-state index contributed by atoms with van der Waals surface area (Å²) in [6.07, 6.45) is 1.93. The first kappa shape index (κ1) is 9.92. The van der Waals surface area contributed by atoms with E-state index >= 15 is 0 Å². The second-order valence-corrected chi connectivity index (χ2v) is 3.40. The fourth-order valence-electron chi connectivity index (χ4n) is 1.49. The van der Waals surface area contributed by atoms with E-state index in [1.807, 2.05) is 0 Å². The van der Waals surface area contributed by atoms with Crippen molar-refractivity contribution in [2.45, 2.75) is 19.0 Å². The number of nitrogens with zero attached hydrogens (tertiary/aromatic N) is 1. The molecule has 0 unspecified atom stereocenters. The van der Waals surface area contributed by atoms with Crippen molar-refractivity contribution < 1.29 is 0 Å². The first-order valence-electron chi connectivity index (χ1n) is 4.73. The summed E-state index contributed by atoms with van der Waals surface area (Å²) in [5.41, 5.74) is 10.9. The molecule has 1 saturated heterocycles. The van der Waals surface area contributed by atoms with Gasteiger partial charge in [0.2, 0.25) is 0 Å². The van der Waals surface area contributed by atoms with Crippen molar-refractivity contribution in [3.8, 4) is 0 Å². The van der Waals surface area contributed by atoms with E-state index in [1.54, 1.807) is 0 Å². The van der Waals surface area contributed by atoms with Crippen LogP contribution in [0.1, 0.15) is 12.8 Å². The molecule has 12 heavy (non-hydrogen) atoms. The third-order valence-corrected chi connectivity index (χ3v) is 2.22. The summed E-state index contributed by atoms with van der Waals surface area (Å²) in [5.74, 6) is 0. The maximum absolute atomic E-state index is 5.45. The van der Waals surface area contributed by atoms with Crippen LogP contribution in [0.3, 0.4) is 0 Å². The summed E-state index contributed by atoms with van der Waals surface area (Å²) in [6, 6.07) is 0. The average molecular weight is 172 g/mol. The Kier molecular flexibility index (Phi) is 4.53. The van der Waals surface area contributed by atoms with Gasteiger partial charge in [0, 0.05) is 26.2 Å². The summed E-state index contributed by atoms with van der Waals surface area (Å²) in [4.78, 5) is 2.46. The number of nitrogens with two attached hydrogens (primary N) is 2. The van der Waals surface area contributed by atoms with Crippen molar-refractivity contribution in [1.82, 2.24) is 10.2 Å². The maximum Gasteiger partial charge on any atom is 0.0521 e. The molecule has 0 atom stereocenters. The van der Waals surface area contributed by atoms with Crippen LogP contribution in [0.5, 0.6) is 0 Å². The molecule has 0 radical (unpaired) electrons. The standard InChI is InChI=1S/C8H20N4/c9-8(10)2-1-5-12-6-3-11-4-7-12/h8,11H,1-7,9-10H2. The van der Waals surface area contributed by atoms with Gasteiger partial charge in [-0.3, -0.25) is 0 Å². The Bertz CT molecular complexity index is 110. The van der Waals surface area contributed by atoms with E-state index in [1.165, 1.54) is 13.1 Å². The number of hydrogen-bond donors (Lipinski definition) is 3. The molecule has 0 saturated carbocycles. The monoisotopic (exact) mass is 172 g/mol. The molecule has 0 aromatic heterocycles. The van der Waals surface area contributed by atoms with Gasteiger partial charge in [0.05, 0.1) is 6.17 Å². The molecule has 1 rings (SSSR count). The SMILES string of the molecule is NC(N)CCCN1CCNCC1. The molecule has 1 aliphatic heterocycles. The fraction of sp³-hybridized carbons (Fsp3) is 1.00. The normalized spacial score (nSPS) is 20.2. The Morgan fingerprint density at radius 1 is 1.25 bits per heavy atom. The average Bonchev–Trinajstić information content (AvgIpc) is 2.05. The molecular formula is C8H20N4. The highest BCUT2D eigenvalue weighted by atomic mass is 15.2. The second-order valence-electron chi connectivity index (χ2n) is 3.40. The number of rotatable bonds is 4. The Hall–Kier alpha value is -0.160. The lowest BCUT2D eigenvalue weighted by Crippen LogP contribution is -2.44. The summed E-state index contributed by atoms with van der Waals surface area (Å²) >= 11 is 0. The molecule has 5 N–H and O–H groups in total. The van der Waals surface area contributed by atoms with Crippen LogP contribution >= 0.6 is 0 Å². The van der Waals surface area contributed by atoms with Crippen LogP contribution in [0, 0.1) is 0 Å². The minimum absolute atomic E-state index is 0.132. The van der Waals surface area contributed by atoms with E-state index in [-0.39, 0.29) is 6.17 Å². The van der Waals surface area contributed by atoms with Crippen LogP contribution < -0.4 is 16.8 Å². The van der Waals surface area contributed by atoms with Gasteiger partial charge in [0.15, 0.2) is 0 Å². The maximum atomic E-state index is 5.45. The minimum Gasteiger partial charge on any atom is -0.316 e. The third-order valence-electron chi connectivity index (χ3n) is 2.22. The van der Waals surface area contributed by atoms with E-state index < -0.39 is 0 Å². The third kappa shape index (κ3) is 4.01. The van der Waals surface area contributed by atoms with Gasteiger partial charge < -0.3 is 21.7 Å². The second kappa shape index (κ2) is 5.48. The highest BCUT2D eigenvalue weighted by molar-refractivity contribution is 4.67.